The highest BCUT2D eigenvalue weighted by atomic mass is 19.3. The SMILES string of the molecule is CCCNC(CCO)CN(C)CC(F)F. The summed E-state index contributed by atoms with van der Waals surface area (Å²) in [5.41, 5.74) is 0. The fraction of sp³-hybridized carbons (Fsp3) is 1.00. The molecule has 0 radical (unpaired) electrons. The predicted octanol–water partition coefficient (Wildman–Crippen LogP) is 0.934. The second kappa shape index (κ2) is 9.00. The summed E-state index contributed by atoms with van der Waals surface area (Å²) in [5, 5.41) is 12.1. The second-order valence-corrected chi connectivity index (χ2v) is 3.78. The van der Waals surface area contributed by atoms with E-state index in [9.17, 15) is 8.78 Å². The van der Waals surface area contributed by atoms with Crippen molar-refractivity contribution in [2.75, 3.05) is 33.3 Å². The van der Waals surface area contributed by atoms with Gasteiger partial charge in [0.25, 0.3) is 6.43 Å². The Labute approximate surface area is 90.5 Å². The Hall–Kier alpha value is -0.260. The summed E-state index contributed by atoms with van der Waals surface area (Å²) in [6, 6.07) is 0.0960. The summed E-state index contributed by atoms with van der Waals surface area (Å²) in [6.45, 7) is 3.32. The van der Waals surface area contributed by atoms with Gasteiger partial charge < -0.3 is 10.4 Å². The molecule has 0 bridgehead atoms. The van der Waals surface area contributed by atoms with E-state index in [4.69, 9.17) is 5.11 Å². The van der Waals surface area contributed by atoms with E-state index in [-0.39, 0.29) is 19.2 Å². The molecule has 1 unspecified atom stereocenters. The van der Waals surface area contributed by atoms with Crippen molar-refractivity contribution < 1.29 is 13.9 Å². The molecule has 0 aromatic carbocycles. The number of hydrogen-bond donors (Lipinski definition) is 2. The Morgan fingerprint density at radius 3 is 2.47 bits per heavy atom. The van der Waals surface area contributed by atoms with Crippen molar-refractivity contribution in [1.82, 2.24) is 10.2 Å². The van der Waals surface area contributed by atoms with Gasteiger partial charge in [-0.2, -0.15) is 0 Å². The minimum Gasteiger partial charge on any atom is -0.396 e. The molecule has 0 fully saturated rings. The third kappa shape index (κ3) is 8.72. The average Bonchev–Trinajstić information content (AvgIpc) is 2.13. The molecule has 0 aliphatic heterocycles. The van der Waals surface area contributed by atoms with Crippen LogP contribution in [0.15, 0.2) is 0 Å². The number of nitrogens with one attached hydrogen (secondary N) is 1. The van der Waals surface area contributed by atoms with Crippen LogP contribution in [0.5, 0.6) is 0 Å². The molecule has 15 heavy (non-hydrogen) atoms. The first-order valence-corrected chi connectivity index (χ1v) is 5.41. The molecule has 3 nitrogen and oxygen atoms in total. The van der Waals surface area contributed by atoms with E-state index in [1.165, 1.54) is 0 Å². The molecule has 5 heteroatoms. The van der Waals surface area contributed by atoms with E-state index < -0.39 is 6.43 Å². The Bertz CT molecular complexity index is 147. The van der Waals surface area contributed by atoms with E-state index >= 15 is 0 Å². The maximum absolute atomic E-state index is 12.1. The topological polar surface area (TPSA) is 35.5 Å². The van der Waals surface area contributed by atoms with Crippen molar-refractivity contribution in [2.24, 2.45) is 0 Å². The van der Waals surface area contributed by atoms with Crippen LogP contribution in [0.3, 0.4) is 0 Å². The van der Waals surface area contributed by atoms with Crippen molar-refractivity contribution in [3.63, 3.8) is 0 Å². The lowest BCUT2D eigenvalue weighted by Crippen LogP contribution is -2.41. The molecular formula is C10H22F2N2O. The maximum Gasteiger partial charge on any atom is 0.251 e. The van der Waals surface area contributed by atoms with Crippen molar-refractivity contribution in [1.29, 1.82) is 0 Å². The molecule has 0 rings (SSSR count). The molecule has 0 saturated carbocycles. The fourth-order valence-corrected chi connectivity index (χ4v) is 1.45. The van der Waals surface area contributed by atoms with Gasteiger partial charge in [0.15, 0.2) is 0 Å². The first-order chi connectivity index (χ1) is 7.10. The summed E-state index contributed by atoms with van der Waals surface area (Å²) >= 11 is 0. The largest absolute Gasteiger partial charge is 0.396 e. The van der Waals surface area contributed by atoms with Gasteiger partial charge in [0.1, 0.15) is 0 Å². The first-order valence-electron chi connectivity index (χ1n) is 5.41. The molecule has 0 spiro atoms. The highest BCUT2D eigenvalue weighted by molar-refractivity contribution is 4.70. The molecular weight excluding hydrogens is 202 g/mol. The summed E-state index contributed by atoms with van der Waals surface area (Å²) in [6.07, 6.45) is -0.690. The van der Waals surface area contributed by atoms with Crippen LogP contribution in [0, 0.1) is 0 Å². The number of rotatable bonds is 9. The quantitative estimate of drug-likeness (QED) is 0.611. The molecule has 0 aromatic heterocycles. The van der Waals surface area contributed by atoms with Crippen LogP contribution in [0.1, 0.15) is 19.8 Å². The lowest BCUT2D eigenvalue weighted by Gasteiger charge is -2.24. The maximum atomic E-state index is 12.1. The van der Waals surface area contributed by atoms with Crippen LogP contribution < -0.4 is 5.32 Å². The number of likely N-dealkylation sites (N-methyl/N-ethyl adjacent to an activating group) is 1. The van der Waals surface area contributed by atoms with Crippen LogP contribution in [-0.2, 0) is 0 Å². The lowest BCUT2D eigenvalue weighted by molar-refractivity contribution is 0.0939. The summed E-state index contributed by atoms with van der Waals surface area (Å²) < 4.78 is 24.1. The molecule has 2 N–H and O–H groups in total. The summed E-state index contributed by atoms with van der Waals surface area (Å²) in [7, 11) is 1.67. The molecule has 0 aliphatic carbocycles. The van der Waals surface area contributed by atoms with Gasteiger partial charge in [-0.05, 0) is 26.4 Å². The number of halogens is 2. The average molecular weight is 224 g/mol. The highest BCUT2D eigenvalue weighted by Gasteiger charge is 2.13. The minimum absolute atomic E-state index is 0.0872. The van der Waals surface area contributed by atoms with Crippen LogP contribution in [0.25, 0.3) is 0 Å². The Morgan fingerprint density at radius 1 is 1.33 bits per heavy atom. The van der Waals surface area contributed by atoms with Gasteiger partial charge in [-0.25, -0.2) is 8.78 Å². The third-order valence-electron chi connectivity index (χ3n) is 2.14. The van der Waals surface area contributed by atoms with Gasteiger partial charge in [-0.15, -0.1) is 0 Å². The van der Waals surface area contributed by atoms with Gasteiger partial charge in [0, 0.05) is 19.2 Å². The third-order valence-corrected chi connectivity index (χ3v) is 2.14. The van der Waals surface area contributed by atoms with Crippen molar-refractivity contribution in [2.45, 2.75) is 32.2 Å². The Kier molecular flexibility index (Phi) is 8.85. The second-order valence-electron chi connectivity index (χ2n) is 3.78. The van der Waals surface area contributed by atoms with E-state index in [2.05, 4.69) is 5.32 Å². The smallest absolute Gasteiger partial charge is 0.251 e. The van der Waals surface area contributed by atoms with Gasteiger partial charge in [-0.3, -0.25) is 4.90 Å². The summed E-state index contributed by atoms with van der Waals surface area (Å²) in [4.78, 5) is 1.59. The van der Waals surface area contributed by atoms with Gasteiger partial charge >= 0.3 is 0 Å². The molecule has 0 heterocycles. The van der Waals surface area contributed by atoms with E-state index in [1.807, 2.05) is 6.92 Å². The normalized spacial score (nSPS) is 13.8. The number of hydrogen-bond acceptors (Lipinski definition) is 3. The number of alkyl halides is 2. The molecule has 1 atom stereocenters. The standard InChI is InChI=1S/C10H22F2N2O/c1-3-5-13-9(4-6-15)7-14(2)8-10(11)12/h9-10,13,15H,3-8H2,1-2H3. The van der Waals surface area contributed by atoms with E-state index in [0.717, 1.165) is 13.0 Å². The van der Waals surface area contributed by atoms with Crippen molar-refractivity contribution in [3.8, 4) is 0 Å². The van der Waals surface area contributed by atoms with Gasteiger partial charge in [0.2, 0.25) is 0 Å². The number of nitrogens with zero attached hydrogens (tertiary/aromatic N) is 1. The summed E-state index contributed by atoms with van der Waals surface area (Å²) in [5.74, 6) is 0. The van der Waals surface area contributed by atoms with E-state index in [0.29, 0.717) is 13.0 Å². The minimum atomic E-state index is -2.30. The Balaban J connectivity index is 3.80. The lowest BCUT2D eigenvalue weighted by atomic mass is 10.2. The first kappa shape index (κ1) is 14.7. The zero-order valence-corrected chi connectivity index (χ0v) is 9.55. The molecule has 0 amide bonds. The van der Waals surface area contributed by atoms with Gasteiger partial charge in [-0.1, -0.05) is 6.92 Å². The monoisotopic (exact) mass is 224 g/mol. The highest BCUT2D eigenvalue weighted by Crippen LogP contribution is 1.99. The van der Waals surface area contributed by atoms with Crippen LogP contribution in [-0.4, -0.2) is 55.8 Å². The zero-order chi connectivity index (χ0) is 11.7. The van der Waals surface area contributed by atoms with Crippen LogP contribution in [0.4, 0.5) is 8.78 Å². The fourth-order valence-electron chi connectivity index (χ4n) is 1.45. The molecule has 0 aliphatic rings. The van der Waals surface area contributed by atoms with E-state index in [1.54, 1.807) is 11.9 Å². The number of aliphatic hydroxyl groups is 1. The number of aliphatic hydroxyl groups excluding tert-OH is 1. The van der Waals surface area contributed by atoms with Crippen molar-refractivity contribution >= 4 is 0 Å². The van der Waals surface area contributed by atoms with Gasteiger partial charge in [0.05, 0.1) is 6.54 Å². The van der Waals surface area contributed by atoms with Crippen molar-refractivity contribution in [3.05, 3.63) is 0 Å². The zero-order valence-electron chi connectivity index (χ0n) is 9.55. The molecule has 0 saturated heterocycles. The van der Waals surface area contributed by atoms with Crippen LogP contribution >= 0.6 is 0 Å². The molecule has 0 aromatic rings. The Morgan fingerprint density at radius 2 is 2.00 bits per heavy atom. The van der Waals surface area contributed by atoms with Crippen LogP contribution in [0.2, 0.25) is 0 Å². The predicted molar refractivity (Wildman–Crippen MR) is 57.3 cm³/mol. The molecule has 92 valence electrons.